The minimum Gasteiger partial charge on any atom is -0.455 e. The number of fused-ring (bicyclic) bond motifs is 2. The van der Waals surface area contributed by atoms with Crippen molar-refractivity contribution in [1.82, 2.24) is 5.16 Å². The molecule has 1 aliphatic carbocycles. The summed E-state index contributed by atoms with van der Waals surface area (Å²) in [5.41, 5.74) is 3.12. The molecule has 5 rings (SSSR count). The van der Waals surface area contributed by atoms with E-state index in [1.54, 1.807) is 24.3 Å². The molecule has 6 heteroatoms. The van der Waals surface area contributed by atoms with Gasteiger partial charge in [0.05, 0.1) is 16.6 Å². The van der Waals surface area contributed by atoms with Crippen LogP contribution in [0.1, 0.15) is 29.8 Å². The van der Waals surface area contributed by atoms with Gasteiger partial charge in [-0.1, -0.05) is 41.0 Å². The SMILES string of the molecule is CC(C)Nc1cc(Oc2ccc(Cl)cc2)c2noc3c2c1C(=O)c1ccccc1-3. The molecule has 1 aromatic heterocycles. The number of ketones is 1. The Morgan fingerprint density at radius 2 is 1.79 bits per heavy atom. The topological polar surface area (TPSA) is 64.4 Å². The Hall–Kier alpha value is -3.31. The van der Waals surface area contributed by atoms with Crippen molar-refractivity contribution in [3.8, 4) is 22.8 Å². The van der Waals surface area contributed by atoms with E-state index in [9.17, 15) is 4.79 Å². The highest BCUT2D eigenvalue weighted by atomic mass is 35.5. The van der Waals surface area contributed by atoms with E-state index in [1.165, 1.54) is 0 Å². The van der Waals surface area contributed by atoms with E-state index in [4.69, 9.17) is 20.9 Å². The van der Waals surface area contributed by atoms with Crippen LogP contribution in [-0.2, 0) is 0 Å². The van der Waals surface area contributed by atoms with Crippen LogP contribution in [0.2, 0.25) is 5.02 Å². The lowest BCUT2D eigenvalue weighted by Gasteiger charge is -2.20. The molecule has 0 spiro atoms. The summed E-state index contributed by atoms with van der Waals surface area (Å²) in [6.07, 6.45) is 0. The second-order valence-electron chi connectivity index (χ2n) is 7.26. The largest absolute Gasteiger partial charge is 0.455 e. The molecule has 0 atom stereocenters. The van der Waals surface area contributed by atoms with Crippen molar-refractivity contribution in [1.29, 1.82) is 0 Å². The number of rotatable bonds is 4. The number of aromatic nitrogens is 1. The van der Waals surface area contributed by atoms with Crippen LogP contribution in [-0.4, -0.2) is 17.0 Å². The summed E-state index contributed by atoms with van der Waals surface area (Å²) >= 11 is 5.98. The number of anilines is 1. The zero-order valence-electron chi connectivity index (χ0n) is 15.8. The van der Waals surface area contributed by atoms with Gasteiger partial charge in [-0.2, -0.15) is 0 Å². The van der Waals surface area contributed by atoms with Gasteiger partial charge >= 0.3 is 0 Å². The second-order valence-corrected chi connectivity index (χ2v) is 7.70. The molecule has 1 N–H and O–H groups in total. The van der Waals surface area contributed by atoms with E-state index in [0.717, 1.165) is 5.56 Å². The first-order valence-corrected chi connectivity index (χ1v) is 9.71. The molecule has 0 saturated carbocycles. The van der Waals surface area contributed by atoms with Crippen molar-refractivity contribution in [2.75, 3.05) is 5.32 Å². The van der Waals surface area contributed by atoms with Gasteiger partial charge in [0.15, 0.2) is 22.8 Å². The second kappa shape index (κ2) is 6.64. The summed E-state index contributed by atoms with van der Waals surface area (Å²) in [7, 11) is 0. The Bertz CT molecular complexity index is 1260. The maximum absolute atomic E-state index is 13.3. The zero-order valence-corrected chi connectivity index (χ0v) is 16.6. The lowest BCUT2D eigenvalue weighted by atomic mass is 9.86. The molecule has 1 heterocycles. The van der Waals surface area contributed by atoms with E-state index in [1.807, 2.05) is 44.2 Å². The molecule has 0 aliphatic heterocycles. The Morgan fingerprint density at radius 1 is 1.07 bits per heavy atom. The van der Waals surface area contributed by atoms with Crippen LogP contribution >= 0.6 is 11.6 Å². The highest BCUT2D eigenvalue weighted by Gasteiger charge is 2.33. The van der Waals surface area contributed by atoms with E-state index in [0.29, 0.717) is 50.0 Å². The van der Waals surface area contributed by atoms with Crippen LogP contribution in [0.4, 0.5) is 5.69 Å². The molecule has 0 amide bonds. The first-order valence-electron chi connectivity index (χ1n) is 9.33. The summed E-state index contributed by atoms with van der Waals surface area (Å²) in [6, 6.07) is 16.4. The number of halogens is 1. The number of benzene rings is 3. The molecule has 144 valence electrons. The number of ether oxygens (including phenoxy) is 1. The van der Waals surface area contributed by atoms with Crippen LogP contribution in [0, 0.1) is 0 Å². The van der Waals surface area contributed by atoms with Gasteiger partial charge in [-0.05, 0) is 38.1 Å². The van der Waals surface area contributed by atoms with Gasteiger partial charge in [0.2, 0.25) is 0 Å². The van der Waals surface area contributed by atoms with E-state index < -0.39 is 0 Å². The third-order valence-corrected chi connectivity index (χ3v) is 5.10. The molecular formula is C23H17ClN2O3. The minimum absolute atomic E-state index is 0.0532. The first kappa shape index (κ1) is 17.8. The van der Waals surface area contributed by atoms with E-state index >= 15 is 0 Å². The zero-order chi connectivity index (χ0) is 20.1. The molecule has 0 bridgehead atoms. The van der Waals surface area contributed by atoms with Crippen molar-refractivity contribution in [2.45, 2.75) is 19.9 Å². The molecular weight excluding hydrogens is 388 g/mol. The molecule has 3 aromatic carbocycles. The van der Waals surface area contributed by atoms with Crippen LogP contribution < -0.4 is 10.1 Å². The smallest absolute Gasteiger partial charge is 0.196 e. The minimum atomic E-state index is -0.0532. The van der Waals surface area contributed by atoms with E-state index in [-0.39, 0.29) is 11.8 Å². The number of carbonyl (C=O) groups is 1. The average molecular weight is 405 g/mol. The number of nitrogens with one attached hydrogen (secondary N) is 1. The van der Waals surface area contributed by atoms with E-state index in [2.05, 4.69) is 10.5 Å². The Balaban J connectivity index is 1.76. The van der Waals surface area contributed by atoms with Gasteiger partial charge in [0.1, 0.15) is 5.75 Å². The van der Waals surface area contributed by atoms with Crippen LogP contribution in [0.15, 0.2) is 59.1 Å². The third kappa shape index (κ3) is 2.86. The first-order chi connectivity index (χ1) is 14.0. The number of carbonyl (C=O) groups excluding carboxylic acids is 1. The fourth-order valence-corrected chi connectivity index (χ4v) is 3.79. The molecule has 0 unspecified atom stereocenters. The fraction of sp³-hybridized carbons (Fsp3) is 0.130. The maximum Gasteiger partial charge on any atom is 0.196 e. The summed E-state index contributed by atoms with van der Waals surface area (Å²) in [5.74, 6) is 1.66. The molecule has 0 saturated heterocycles. The van der Waals surface area contributed by atoms with Crippen molar-refractivity contribution in [3.05, 3.63) is 70.7 Å². The van der Waals surface area contributed by atoms with Gasteiger partial charge < -0.3 is 14.6 Å². The monoisotopic (exact) mass is 404 g/mol. The average Bonchev–Trinajstić information content (AvgIpc) is 3.14. The van der Waals surface area contributed by atoms with Gasteiger partial charge in [-0.15, -0.1) is 0 Å². The van der Waals surface area contributed by atoms with Crippen molar-refractivity contribution in [3.63, 3.8) is 0 Å². The standard InChI is InChI=1S/C23H17ClN2O3/c1-12(2)25-17-11-18(28-14-9-7-13(24)8-10-14)21-20-19(17)22(27)15-5-3-4-6-16(15)23(20)29-26-21/h3-12,25H,1-2H3. The highest BCUT2D eigenvalue weighted by molar-refractivity contribution is 6.30. The quantitative estimate of drug-likeness (QED) is 0.380. The van der Waals surface area contributed by atoms with Gasteiger partial charge in [0, 0.05) is 28.3 Å². The number of hydrogen-bond acceptors (Lipinski definition) is 5. The van der Waals surface area contributed by atoms with Gasteiger partial charge in [0.25, 0.3) is 0 Å². The van der Waals surface area contributed by atoms with Gasteiger partial charge in [-0.25, -0.2) is 0 Å². The summed E-state index contributed by atoms with van der Waals surface area (Å²) in [5, 5.41) is 8.92. The maximum atomic E-state index is 13.3. The van der Waals surface area contributed by atoms with Crippen molar-refractivity contribution in [2.24, 2.45) is 0 Å². The third-order valence-electron chi connectivity index (χ3n) is 4.85. The highest BCUT2D eigenvalue weighted by Crippen LogP contribution is 2.46. The normalized spacial score (nSPS) is 12.3. The Morgan fingerprint density at radius 3 is 2.52 bits per heavy atom. The molecule has 29 heavy (non-hydrogen) atoms. The molecule has 1 aliphatic rings. The fourth-order valence-electron chi connectivity index (χ4n) is 3.66. The summed E-state index contributed by atoms with van der Waals surface area (Å²) in [4.78, 5) is 13.3. The predicted octanol–water partition coefficient (Wildman–Crippen LogP) is 6.31. The van der Waals surface area contributed by atoms with Crippen LogP contribution in [0.5, 0.6) is 11.5 Å². The summed E-state index contributed by atoms with van der Waals surface area (Å²) in [6.45, 7) is 4.04. The van der Waals surface area contributed by atoms with Gasteiger partial charge in [-0.3, -0.25) is 4.79 Å². The molecule has 5 nitrogen and oxygen atoms in total. The van der Waals surface area contributed by atoms with Crippen molar-refractivity contribution < 1.29 is 14.1 Å². The number of nitrogens with zero attached hydrogens (tertiary/aromatic N) is 1. The lowest BCUT2D eigenvalue weighted by molar-refractivity contribution is 0.104. The molecule has 0 radical (unpaired) electrons. The molecule has 4 aromatic rings. The van der Waals surface area contributed by atoms with Crippen LogP contribution in [0.3, 0.4) is 0 Å². The number of hydrogen-bond donors (Lipinski definition) is 1. The molecule has 0 fully saturated rings. The predicted molar refractivity (Wildman–Crippen MR) is 113 cm³/mol. The Kier molecular flexibility index (Phi) is 4.07. The Labute approximate surface area is 172 Å². The van der Waals surface area contributed by atoms with Crippen LogP contribution in [0.25, 0.3) is 22.2 Å². The van der Waals surface area contributed by atoms with Crippen molar-refractivity contribution >= 4 is 34.0 Å². The summed E-state index contributed by atoms with van der Waals surface area (Å²) < 4.78 is 11.8. The lowest BCUT2D eigenvalue weighted by Crippen LogP contribution is -2.16.